The fraction of sp³-hybridized carbons (Fsp3) is 0.278. The van der Waals surface area contributed by atoms with E-state index in [0.717, 1.165) is 15.7 Å². The molecule has 2 nitrogen and oxygen atoms in total. The molecule has 4 heteroatoms. The highest BCUT2D eigenvalue weighted by molar-refractivity contribution is 7.99. The number of carbonyl (C=O) groups is 1. The molecule has 0 aromatic heterocycles. The molecule has 116 valence electrons. The Kier molecular flexibility index (Phi) is 6.34. The summed E-state index contributed by atoms with van der Waals surface area (Å²) in [7, 11) is 1.86. The molecule has 0 spiro atoms. The van der Waals surface area contributed by atoms with Crippen molar-refractivity contribution in [1.29, 1.82) is 0 Å². The van der Waals surface area contributed by atoms with Gasteiger partial charge in [-0.25, -0.2) is 0 Å². The van der Waals surface area contributed by atoms with Crippen molar-refractivity contribution in [3.8, 4) is 0 Å². The van der Waals surface area contributed by atoms with Gasteiger partial charge in [0.05, 0.1) is 5.02 Å². The normalized spacial score (nSPS) is 10.5. The van der Waals surface area contributed by atoms with Crippen LogP contribution in [0.15, 0.2) is 53.4 Å². The Hall–Kier alpha value is -1.45. The quantitative estimate of drug-likeness (QED) is 0.708. The minimum atomic E-state index is 0.155. The maximum absolute atomic E-state index is 12.2. The molecule has 2 aromatic rings. The van der Waals surface area contributed by atoms with Crippen molar-refractivity contribution in [2.45, 2.75) is 24.8 Å². The smallest absolute Gasteiger partial charge is 0.223 e. The Morgan fingerprint density at radius 2 is 1.82 bits per heavy atom. The van der Waals surface area contributed by atoms with Gasteiger partial charge in [0.15, 0.2) is 0 Å². The average molecular weight is 334 g/mol. The zero-order chi connectivity index (χ0) is 15.9. The van der Waals surface area contributed by atoms with Crippen LogP contribution in [0.5, 0.6) is 0 Å². The SMILES string of the molecule is Cc1ccccc1CN(C)C(=O)CCSc1ccccc1Cl. The Balaban J connectivity index is 1.82. The van der Waals surface area contributed by atoms with Crippen LogP contribution < -0.4 is 0 Å². The lowest BCUT2D eigenvalue weighted by molar-refractivity contribution is -0.129. The van der Waals surface area contributed by atoms with E-state index < -0.39 is 0 Å². The summed E-state index contributed by atoms with van der Waals surface area (Å²) in [6.45, 7) is 2.73. The van der Waals surface area contributed by atoms with Gasteiger partial charge in [-0.05, 0) is 30.2 Å². The molecule has 22 heavy (non-hydrogen) atoms. The van der Waals surface area contributed by atoms with Crippen LogP contribution in [0.3, 0.4) is 0 Å². The summed E-state index contributed by atoms with van der Waals surface area (Å²) in [4.78, 5) is 15.0. The summed E-state index contributed by atoms with van der Waals surface area (Å²) in [5.41, 5.74) is 2.41. The summed E-state index contributed by atoms with van der Waals surface area (Å²) < 4.78 is 0. The highest BCUT2D eigenvalue weighted by Crippen LogP contribution is 2.27. The number of hydrogen-bond acceptors (Lipinski definition) is 2. The van der Waals surface area contributed by atoms with Crippen molar-refractivity contribution in [1.82, 2.24) is 4.90 Å². The number of thioether (sulfide) groups is 1. The molecule has 0 fully saturated rings. The third-order valence-corrected chi connectivity index (χ3v) is 5.02. The van der Waals surface area contributed by atoms with Gasteiger partial charge in [-0.15, -0.1) is 11.8 Å². The standard InChI is InChI=1S/C18H20ClNOS/c1-14-7-3-4-8-15(14)13-20(2)18(21)11-12-22-17-10-6-5-9-16(17)19/h3-10H,11-13H2,1-2H3. The lowest BCUT2D eigenvalue weighted by Gasteiger charge is -2.18. The molecule has 0 aliphatic rings. The van der Waals surface area contributed by atoms with Gasteiger partial charge >= 0.3 is 0 Å². The van der Waals surface area contributed by atoms with Gasteiger partial charge in [-0.3, -0.25) is 4.79 Å². The van der Waals surface area contributed by atoms with Crippen LogP contribution in [0.1, 0.15) is 17.5 Å². The Morgan fingerprint density at radius 3 is 2.55 bits per heavy atom. The molecule has 0 heterocycles. The molecule has 0 N–H and O–H groups in total. The first-order chi connectivity index (χ1) is 10.6. The molecule has 2 rings (SSSR count). The van der Waals surface area contributed by atoms with Crippen molar-refractivity contribution in [2.75, 3.05) is 12.8 Å². The second kappa shape index (κ2) is 8.25. The Morgan fingerprint density at radius 1 is 1.14 bits per heavy atom. The summed E-state index contributed by atoms with van der Waals surface area (Å²) in [6.07, 6.45) is 0.512. The van der Waals surface area contributed by atoms with Crippen molar-refractivity contribution >= 4 is 29.3 Å². The number of amides is 1. The fourth-order valence-corrected chi connectivity index (χ4v) is 3.31. The van der Waals surface area contributed by atoms with E-state index in [0.29, 0.717) is 13.0 Å². The predicted molar refractivity (Wildman–Crippen MR) is 94.4 cm³/mol. The number of aryl methyl sites for hydroxylation is 1. The van der Waals surface area contributed by atoms with Crippen LogP contribution in [0.4, 0.5) is 0 Å². The van der Waals surface area contributed by atoms with Crippen molar-refractivity contribution in [2.24, 2.45) is 0 Å². The molecule has 2 aromatic carbocycles. The average Bonchev–Trinajstić information content (AvgIpc) is 2.51. The Labute approximate surface area is 141 Å². The number of halogens is 1. The second-order valence-corrected chi connectivity index (χ2v) is 6.75. The fourth-order valence-electron chi connectivity index (χ4n) is 2.13. The van der Waals surface area contributed by atoms with Crippen LogP contribution in [-0.2, 0) is 11.3 Å². The van der Waals surface area contributed by atoms with Gasteiger partial charge in [0.25, 0.3) is 0 Å². The minimum absolute atomic E-state index is 0.155. The summed E-state index contributed by atoms with van der Waals surface area (Å²) >= 11 is 7.73. The van der Waals surface area contributed by atoms with E-state index in [-0.39, 0.29) is 5.91 Å². The largest absolute Gasteiger partial charge is 0.341 e. The maximum atomic E-state index is 12.2. The van der Waals surface area contributed by atoms with E-state index in [4.69, 9.17) is 11.6 Å². The molecule has 0 radical (unpaired) electrons. The lowest BCUT2D eigenvalue weighted by Crippen LogP contribution is -2.26. The van der Waals surface area contributed by atoms with Gasteiger partial charge in [0.1, 0.15) is 0 Å². The van der Waals surface area contributed by atoms with Crippen molar-refractivity contribution in [3.05, 3.63) is 64.7 Å². The van der Waals surface area contributed by atoms with Crippen LogP contribution in [0, 0.1) is 6.92 Å². The number of benzene rings is 2. The summed E-state index contributed by atoms with van der Waals surface area (Å²) in [6, 6.07) is 15.9. The zero-order valence-electron chi connectivity index (χ0n) is 12.9. The number of nitrogens with zero attached hydrogens (tertiary/aromatic N) is 1. The van der Waals surface area contributed by atoms with E-state index in [1.54, 1.807) is 16.7 Å². The van der Waals surface area contributed by atoms with E-state index in [1.807, 2.05) is 43.4 Å². The highest BCUT2D eigenvalue weighted by Gasteiger charge is 2.10. The van der Waals surface area contributed by atoms with Crippen molar-refractivity contribution < 1.29 is 4.79 Å². The molecular formula is C18H20ClNOS. The van der Waals surface area contributed by atoms with Crippen LogP contribution in [-0.4, -0.2) is 23.6 Å². The van der Waals surface area contributed by atoms with Crippen LogP contribution in [0.2, 0.25) is 5.02 Å². The minimum Gasteiger partial charge on any atom is -0.341 e. The van der Waals surface area contributed by atoms with Gasteiger partial charge in [0, 0.05) is 30.7 Å². The first-order valence-corrected chi connectivity index (χ1v) is 8.60. The summed E-state index contributed by atoms with van der Waals surface area (Å²) in [5.74, 6) is 0.892. The van der Waals surface area contributed by atoms with E-state index in [2.05, 4.69) is 19.1 Å². The molecule has 0 atom stereocenters. The third kappa shape index (κ3) is 4.79. The summed E-state index contributed by atoms with van der Waals surface area (Å²) in [5, 5.41) is 0.744. The molecular weight excluding hydrogens is 314 g/mol. The molecule has 0 saturated carbocycles. The van der Waals surface area contributed by atoms with Crippen LogP contribution in [0.25, 0.3) is 0 Å². The second-order valence-electron chi connectivity index (χ2n) is 5.21. The van der Waals surface area contributed by atoms with Gasteiger partial charge in [-0.2, -0.15) is 0 Å². The first kappa shape index (κ1) is 16.9. The Bertz CT molecular complexity index is 644. The maximum Gasteiger partial charge on any atom is 0.223 e. The lowest BCUT2D eigenvalue weighted by atomic mass is 10.1. The molecule has 0 aliphatic carbocycles. The topological polar surface area (TPSA) is 20.3 Å². The number of hydrogen-bond donors (Lipinski definition) is 0. The van der Waals surface area contributed by atoms with Gasteiger partial charge < -0.3 is 4.90 Å². The van der Waals surface area contributed by atoms with Gasteiger partial charge in [-0.1, -0.05) is 48.0 Å². The zero-order valence-corrected chi connectivity index (χ0v) is 14.5. The molecule has 1 amide bonds. The molecule has 0 unspecified atom stereocenters. The van der Waals surface area contributed by atoms with E-state index in [9.17, 15) is 4.79 Å². The third-order valence-electron chi connectivity index (χ3n) is 3.50. The van der Waals surface area contributed by atoms with E-state index in [1.165, 1.54) is 11.1 Å². The number of carbonyl (C=O) groups excluding carboxylic acids is 1. The van der Waals surface area contributed by atoms with E-state index >= 15 is 0 Å². The molecule has 0 aliphatic heterocycles. The monoisotopic (exact) mass is 333 g/mol. The molecule has 0 bridgehead atoms. The van der Waals surface area contributed by atoms with Gasteiger partial charge in [0.2, 0.25) is 5.91 Å². The van der Waals surface area contributed by atoms with Crippen molar-refractivity contribution in [3.63, 3.8) is 0 Å². The highest BCUT2D eigenvalue weighted by atomic mass is 35.5. The number of rotatable bonds is 6. The van der Waals surface area contributed by atoms with Crippen LogP contribution >= 0.6 is 23.4 Å². The first-order valence-electron chi connectivity index (χ1n) is 7.23. The predicted octanol–water partition coefficient (Wildman–Crippen LogP) is 4.79. The molecule has 0 saturated heterocycles.